The number of aromatic nitrogens is 5. The van der Waals surface area contributed by atoms with E-state index in [2.05, 4.69) is 30.4 Å². The molecule has 200 valence electrons. The summed E-state index contributed by atoms with van der Waals surface area (Å²) >= 11 is 0. The second kappa shape index (κ2) is 10.5. The molecule has 0 amide bonds. The zero-order chi connectivity index (χ0) is 26.9. The van der Waals surface area contributed by atoms with Crippen molar-refractivity contribution in [2.24, 2.45) is 7.05 Å². The van der Waals surface area contributed by atoms with Gasteiger partial charge in [0.1, 0.15) is 11.8 Å². The van der Waals surface area contributed by atoms with Gasteiger partial charge in [-0.3, -0.25) is 18.8 Å². The number of alkyl halides is 1. The lowest BCUT2D eigenvalue weighted by Gasteiger charge is -2.26. The summed E-state index contributed by atoms with van der Waals surface area (Å²) in [7, 11) is -2.07. The predicted octanol–water partition coefficient (Wildman–Crippen LogP) is 2.27. The van der Waals surface area contributed by atoms with Crippen LogP contribution in [0.5, 0.6) is 0 Å². The Morgan fingerprint density at radius 2 is 1.97 bits per heavy atom. The van der Waals surface area contributed by atoms with E-state index in [1.165, 1.54) is 15.3 Å². The van der Waals surface area contributed by atoms with Gasteiger partial charge in [0.25, 0.3) is 5.56 Å². The fourth-order valence-electron chi connectivity index (χ4n) is 4.65. The number of pyridine rings is 1. The Labute approximate surface area is 219 Å². The van der Waals surface area contributed by atoms with Gasteiger partial charge in [-0.05, 0) is 18.6 Å². The molecule has 0 radical (unpaired) electrons. The first-order valence-electron chi connectivity index (χ1n) is 12.3. The second-order valence-corrected chi connectivity index (χ2v) is 11.0. The largest absolute Gasteiger partial charge is 0.350 e. The maximum absolute atomic E-state index is 13.8. The molecule has 1 aliphatic heterocycles. The number of aryl methyl sites for hydroxylation is 2. The minimum Gasteiger partial charge on any atom is -0.350 e. The normalized spacial score (nSPS) is 18.0. The molecule has 0 saturated carbocycles. The van der Waals surface area contributed by atoms with Crippen LogP contribution in [0.2, 0.25) is 0 Å². The zero-order valence-electron chi connectivity index (χ0n) is 21.1. The number of halogens is 1. The fraction of sp³-hybridized carbons (Fsp3) is 0.360. The van der Waals surface area contributed by atoms with Crippen LogP contribution in [-0.2, 0) is 29.4 Å². The van der Waals surface area contributed by atoms with E-state index in [0.717, 1.165) is 0 Å². The van der Waals surface area contributed by atoms with Crippen molar-refractivity contribution in [1.82, 2.24) is 29.6 Å². The number of sulfonamides is 1. The summed E-state index contributed by atoms with van der Waals surface area (Å²) in [4.78, 5) is 22.4. The van der Waals surface area contributed by atoms with Crippen LogP contribution in [0.3, 0.4) is 0 Å². The Morgan fingerprint density at radius 3 is 2.71 bits per heavy atom. The minimum absolute atomic E-state index is 0.115. The minimum atomic E-state index is -3.72. The number of rotatable bonds is 8. The summed E-state index contributed by atoms with van der Waals surface area (Å²) in [6, 6.07) is 11.9. The molecule has 4 aromatic rings. The van der Waals surface area contributed by atoms with E-state index in [-0.39, 0.29) is 23.2 Å². The first kappa shape index (κ1) is 25.8. The molecule has 3 N–H and O–H groups in total. The van der Waals surface area contributed by atoms with Crippen LogP contribution in [0.25, 0.3) is 22.3 Å². The first-order valence-corrected chi connectivity index (χ1v) is 14.0. The van der Waals surface area contributed by atoms with Crippen molar-refractivity contribution in [2.75, 3.05) is 23.1 Å². The van der Waals surface area contributed by atoms with E-state index < -0.39 is 16.2 Å². The van der Waals surface area contributed by atoms with E-state index in [0.29, 0.717) is 59.9 Å². The Morgan fingerprint density at radius 1 is 1.18 bits per heavy atom. The van der Waals surface area contributed by atoms with Crippen molar-refractivity contribution in [2.45, 2.75) is 37.9 Å². The molecule has 0 unspecified atom stereocenters. The number of anilines is 2. The molecule has 1 aromatic carbocycles. The van der Waals surface area contributed by atoms with Crippen molar-refractivity contribution in [3.8, 4) is 11.3 Å². The lowest BCUT2D eigenvalue weighted by molar-refractivity contribution is 0.254. The van der Waals surface area contributed by atoms with Crippen LogP contribution < -0.4 is 20.9 Å². The van der Waals surface area contributed by atoms with Gasteiger partial charge in [-0.15, -0.1) is 0 Å². The van der Waals surface area contributed by atoms with Crippen LogP contribution in [0.4, 0.5) is 16.2 Å². The predicted molar refractivity (Wildman–Crippen MR) is 144 cm³/mol. The highest BCUT2D eigenvalue weighted by molar-refractivity contribution is 7.91. The molecule has 2 atom stereocenters. The van der Waals surface area contributed by atoms with Crippen LogP contribution >= 0.6 is 0 Å². The van der Waals surface area contributed by atoms with Gasteiger partial charge in [-0.2, -0.15) is 10.1 Å². The third kappa shape index (κ3) is 5.53. The highest BCUT2D eigenvalue weighted by atomic mass is 32.2. The molecule has 0 spiro atoms. The number of benzene rings is 1. The zero-order valence-corrected chi connectivity index (χ0v) is 21.9. The second-order valence-electron chi connectivity index (χ2n) is 9.30. The van der Waals surface area contributed by atoms with Crippen molar-refractivity contribution in [3.63, 3.8) is 0 Å². The molecule has 38 heavy (non-hydrogen) atoms. The van der Waals surface area contributed by atoms with Crippen LogP contribution in [-0.4, -0.2) is 58.0 Å². The summed E-state index contributed by atoms with van der Waals surface area (Å²) in [5.74, 6) is 0.238. The third-order valence-electron chi connectivity index (χ3n) is 6.39. The number of piperidine rings is 1. The molecule has 11 nitrogen and oxygen atoms in total. The smallest absolute Gasteiger partial charge is 0.261 e. The van der Waals surface area contributed by atoms with Gasteiger partial charge >= 0.3 is 0 Å². The summed E-state index contributed by atoms with van der Waals surface area (Å²) in [6.45, 7) is 3.12. The molecule has 5 rings (SSSR count). The Bertz CT molecular complexity index is 1620. The average molecular weight is 541 g/mol. The number of hydrogen-bond donors (Lipinski definition) is 3. The topological polar surface area (TPSA) is 136 Å². The molecule has 4 heterocycles. The molecular weight excluding hydrogens is 511 g/mol. The monoisotopic (exact) mass is 540 g/mol. The van der Waals surface area contributed by atoms with Crippen molar-refractivity contribution >= 4 is 32.8 Å². The molecule has 0 bridgehead atoms. The van der Waals surface area contributed by atoms with Gasteiger partial charge in [-0.25, -0.2) is 17.8 Å². The highest BCUT2D eigenvalue weighted by Gasteiger charge is 2.23. The van der Waals surface area contributed by atoms with Crippen molar-refractivity contribution in [3.05, 3.63) is 64.6 Å². The number of fused-ring (bicyclic) bond motifs is 1. The van der Waals surface area contributed by atoms with E-state index in [9.17, 15) is 17.6 Å². The highest BCUT2D eigenvalue weighted by Crippen LogP contribution is 2.24. The molecule has 1 saturated heterocycles. The third-order valence-corrected chi connectivity index (χ3v) is 7.62. The van der Waals surface area contributed by atoms with Crippen LogP contribution in [0, 0.1) is 0 Å². The maximum atomic E-state index is 13.8. The summed E-state index contributed by atoms with van der Waals surface area (Å²) < 4.78 is 44.6. The van der Waals surface area contributed by atoms with Gasteiger partial charge < -0.3 is 10.6 Å². The number of nitrogens with zero attached hydrogens (tertiary/aromatic N) is 5. The van der Waals surface area contributed by atoms with Gasteiger partial charge in [0.05, 0.1) is 17.0 Å². The van der Waals surface area contributed by atoms with Gasteiger partial charge in [-0.1, -0.05) is 30.3 Å². The number of nitrogens with one attached hydrogen (secondary N) is 3. The van der Waals surface area contributed by atoms with Gasteiger partial charge in [0.15, 0.2) is 5.82 Å². The van der Waals surface area contributed by atoms with Crippen molar-refractivity contribution in [1.29, 1.82) is 0 Å². The molecule has 1 aliphatic rings. The quantitative estimate of drug-likeness (QED) is 0.310. The summed E-state index contributed by atoms with van der Waals surface area (Å²) in [5, 5.41) is 11.1. The van der Waals surface area contributed by atoms with E-state index >= 15 is 0 Å². The molecule has 13 heteroatoms. The summed E-state index contributed by atoms with van der Waals surface area (Å²) in [5.41, 5.74) is 1.58. The van der Waals surface area contributed by atoms with Crippen molar-refractivity contribution < 1.29 is 12.8 Å². The SMILES string of the molecule is CCn1c(=O)c(-c2cc(NS(=O)(=O)Cc3ccccc3)nn2C)cc2cnc(N[C@@H]3CNC[C@@H](F)C3)nc21. The lowest BCUT2D eigenvalue weighted by Crippen LogP contribution is -2.44. The van der Waals surface area contributed by atoms with Gasteiger partial charge in [0.2, 0.25) is 16.0 Å². The van der Waals surface area contributed by atoms with Gasteiger partial charge in [0, 0.05) is 56.8 Å². The van der Waals surface area contributed by atoms with E-state index in [1.54, 1.807) is 43.6 Å². The molecule has 1 fully saturated rings. The number of hydrogen-bond acceptors (Lipinski definition) is 8. The Balaban J connectivity index is 1.44. The fourth-order valence-corrected chi connectivity index (χ4v) is 5.77. The Hall–Kier alpha value is -3.84. The Kier molecular flexibility index (Phi) is 7.13. The lowest BCUT2D eigenvalue weighted by atomic mass is 10.1. The van der Waals surface area contributed by atoms with E-state index in [1.807, 2.05) is 13.0 Å². The molecule has 3 aromatic heterocycles. The summed E-state index contributed by atoms with van der Waals surface area (Å²) in [6.07, 6.45) is 1.03. The molecule has 0 aliphatic carbocycles. The van der Waals surface area contributed by atoms with Crippen LogP contribution in [0.15, 0.2) is 53.5 Å². The maximum Gasteiger partial charge on any atom is 0.261 e. The average Bonchev–Trinajstić information content (AvgIpc) is 3.22. The molecular formula is C25H29FN8O3S. The standard InChI is InChI=1S/C25H29FN8O3S/c1-3-34-23-17(12-28-25(30-23)29-19-10-18(26)13-27-14-19)9-20(24(34)35)21-11-22(31-33(21)2)32-38(36,37)15-16-7-5-4-6-8-16/h4-9,11-12,18-19,27H,3,10,13-15H2,1-2H3,(H,31,32)(H,28,29,30)/t18-,19-/m0/s1. The van der Waals surface area contributed by atoms with E-state index in [4.69, 9.17) is 0 Å². The first-order chi connectivity index (χ1) is 18.2. The van der Waals surface area contributed by atoms with Crippen LogP contribution in [0.1, 0.15) is 18.9 Å².